The van der Waals surface area contributed by atoms with Crippen LogP contribution >= 0.6 is 0 Å². The Labute approximate surface area is 198 Å². The Kier molecular flexibility index (Phi) is 6.74. The predicted molar refractivity (Wildman–Crippen MR) is 128 cm³/mol. The number of hydrogen-bond donors (Lipinski definition) is 1. The van der Waals surface area contributed by atoms with Gasteiger partial charge in [0.05, 0.1) is 11.6 Å². The summed E-state index contributed by atoms with van der Waals surface area (Å²) in [7, 11) is 0. The van der Waals surface area contributed by atoms with Crippen LogP contribution in [-0.4, -0.2) is 52.8 Å². The molecule has 1 saturated heterocycles. The van der Waals surface area contributed by atoms with Crippen LogP contribution in [0.2, 0.25) is 0 Å². The number of anilines is 1. The van der Waals surface area contributed by atoms with E-state index in [9.17, 15) is 14.9 Å². The Morgan fingerprint density at radius 3 is 2.38 bits per heavy atom. The quantitative estimate of drug-likeness (QED) is 0.633. The molecule has 1 fully saturated rings. The molecule has 0 saturated carbocycles. The van der Waals surface area contributed by atoms with Crippen LogP contribution in [0.3, 0.4) is 0 Å². The van der Waals surface area contributed by atoms with Crippen LogP contribution < -0.4 is 10.5 Å². The van der Waals surface area contributed by atoms with E-state index in [-0.39, 0.29) is 24.2 Å². The second kappa shape index (κ2) is 10.0. The van der Waals surface area contributed by atoms with Crippen molar-refractivity contribution < 1.29 is 14.3 Å². The molecule has 0 radical (unpaired) electrons. The van der Waals surface area contributed by atoms with Crippen molar-refractivity contribution in [1.82, 2.24) is 14.8 Å². The van der Waals surface area contributed by atoms with E-state index in [1.807, 2.05) is 24.3 Å². The number of pyridine rings is 1. The minimum Gasteiger partial charge on any atom is -0.485 e. The molecule has 8 nitrogen and oxygen atoms in total. The molecular weight excluding hydrogens is 430 g/mol. The van der Waals surface area contributed by atoms with E-state index in [1.54, 1.807) is 53.3 Å². The highest BCUT2D eigenvalue weighted by Gasteiger charge is 2.23. The van der Waals surface area contributed by atoms with E-state index in [1.165, 1.54) is 0 Å². The first-order valence-electron chi connectivity index (χ1n) is 11.0. The molecule has 0 atom stereocenters. The van der Waals surface area contributed by atoms with Crippen molar-refractivity contribution in [3.8, 4) is 22.9 Å². The van der Waals surface area contributed by atoms with Gasteiger partial charge >= 0.3 is 0 Å². The molecule has 3 aromatic rings. The molecule has 172 valence electrons. The Morgan fingerprint density at radius 2 is 1.71 bits per heavy atom. The molecule has 4 rings (SSSR count). The summed E-state index contributed by atoms with van der Waals surface area (Å²) in [5.74, 6) is 0.667. The molecule has 0 spiro atoms. The monoisotopic (exact) mass is 455 g/mol. The SMILES string of the molecule is CC(=O)N1CCN(C(=O)c2ccc(-c3cnc(N)c(OCc4ccccc4C#N)c3)cc2)CC1. The van der Waals surface area contributed by atoms with Crippen molar-refractivity contribution >= 4 is 17.6 Å². The number of nitrogens with two attached hydrogens (primary N) is 1. The maximum Gasteiger partial charge on any atom is 0.253 e. The third-order valence-corrected chi connectivity index (χ3v) is 5.88. The van der Waals surface area contributed by atoms with Crippen molar-refractivity contribution in [2.45, 2.75) is 13.5 Å². The fourth-order valence-corrected chi connectivity index (χ4v) is 3.85. The molecule has 2 heterocycles. The Hall–Kier alpha value is -4.38. The van der Waals surface area contributed by atoms with Crippen LogP contribution in [0.1, 0.15) is 28.4 Å². The van der Waals surface area contributed by atoms with E-state index in [4.69, 9.17) is 10.5 Å². The van der Waals surface area contributed by atoms with Crippen molar-refractivity contribution in [3.05, 3.63) is 77.5 Å². The second-order valence-electron chi connectivity index (χ2n) is 8.04. The van der Waals surface area contributed by atoms with Crippen LogP contribution in [0.25, 0.3) is 11.1 Å². The van der Waals surface area contributed by atoms with E-state index >= 15 is 0 Å². The Morgan fingerprint density at radius 1 is 1.03 bits per heavy atom. The lowest BCUT2D eigenvalue weighted by Gasteiger charge is -2.34. The zero-order valence-electron chi connectivity index (χ0n) is 18.9. The molecule has 1 aliphatic heterocycles. The van der Waals surface area contributed by atoms with Crippen molar-refractivity contribution in [1.29, 1.82) is 5.26 Å². The summed E-state index contributed by atoms with van der Waals surface area (Å²) in [6.45, 7) is 3.90. The first-order chi connectivity index (χ1) is 16.5. The molecule has 2 aromatic carbocycles. The van der Waals surface area contributed by atoms with Gasteiger partial charge in [0, 0.05) is 56.0 Å². The number of nitriles is 1. The van der Waals surface area contributed by atoms with Gasteiger partial charge in [-0.2, -0.15) is 5.26 Å². The van der Waals surface area contributed by atoms with Crippen molar-refractivity contribution in [2.24, 2.45) is 0 Å². The molecule has 1 aromatic heterocycles. The van der Waals surface area contributed by atoms with Gasteiger partial charge in [0.1, 0.15) is 6.61 Å². The van der Waals surface area contributed by atoms with Gasteiger partial charge in [-0.15, -0.1) is 0 Å². The summed E-state index contributed by atoms with van der Waals surface area (Å²) in [5, 5.41) is 9.26. The minimum absolute atomic E-state index is 0.0335. The zero-order chi connectivity index (χ0) is 24.1. The average Bonchev–Trinajstić information content (AvgIpc) is 2.88. The smallest absolute Gasteiger partial charge is 0.253 e. The number of benzene rings is 2. The highest BCUT2D eigenvalue weighted by Crippen LogP contribution is 2.28. The standard InChI is InChI=1S/C26H25N5O3/c1-18(32)30-10-12-31(13-11-30)26(33)20-8-6-19(7-9-20)23-14-24(25(28)29-16-23)34-17-22-5-3-2-4-21(22)15-27/h2-9,14,16H,10-13,17H2,1H3,(H2,28,29). The van der Waals surface area contributed by atoms with Gasteiger partial charge in [-0.25, -0.2) is 4.98 Å². The largest absolute Gasteiger partial charge is 0.485 e. The van der Waals surface area contributed by atoms with Crippen LogP contribution in [0.4, 0.5) is 5.82 Å². The number of carbonyl (C=O) groups excluding carboxylic acids is 2. The summed E-state index contributed by atoms with van der Waals surface area (Å²) in [4.78, 5) is 32.1. The molecular formula is C26H25N5O3. The van der Waals surface area contributed by atoms with Gasteiger partial charge in [-0.3, -0.25) is 9.59 Å². The number of nitrogen functional groups attached to an aromatic ring is 1. The summed E-state index contributed by atoms with van der Waals surface area (Å²) >= 11 is 0. The first kappa shape index (κ1) is 22.8. The lowest BCUT2D eigenvalue weighted by molar-refractivity contribution is -0.130. The number of rotatable bonds is 5. The molecule has 0 unspecified atom stereocenters. The Bertz CT molecular complexity index is 1240. The topological polar surface area (TPSA) is 113 Å². The van der Waals surface area contributed by atoms with Crippen LogP contribution in [0.15, 0.2) is 60.8 Å². The molecule has 2 N–H and O–H groups in total. The fraction of sp³-hybridized carbons (Fsp3) is 0.231. The number of carbonyl (C=O) groups is 2. The van der Waals surface area contributed by atoms with Crippen LogP contribution in [0, 0.1) is 11.3 Å². The third-order valence-electron chi connectivity index (χ3n) is 5.88. The maximum absolute atomic E-state index is 12.8. The number of amides is 2. The maximum atomic E-state index is 12.8. The number of hydrogen-bond acceptors (Lipinski definition) is 6. The summed E-state index contributed by atoms with van der Waals surface area (Å²) in [6.07, 6.45) is 1.66. The van der Waals surface area contributed by atoms with E-state index in [2.05, 4.69) is 11.1 Å². The van der Waals surface area contributed by atoms with Gasteiger partial charge in [0.15, 0.2) is 11.6 Å². The summed E-state index contributed by atoms with van der Waals surface area (Å²) < 4.78 is 5.87. The van der Waals surface area contributed by atoms with Gasteiger partial charge < -0.3 is 20.3 Å². The van der Waals surface area contributed by atoms with Gasteiger partial charge in [0.25, 0.3) is 5.91 Å². The Balaban J connectivity index is 1.45. The molecule has 0 bridgehead atoms. The number of nitrogens with zero attached hydrogens (tertiary/aromatic N) is 4. The van der Waals surface area contributed by atoms with Gasteiger partial charge in [-0.1, -0.05) is 30.3 Å². The van der Waals surface area contributed by atoms with Crippen LogP contribution in [-0.2, 0) is 11.4 Å². The summed E-state index contributed by atoms with van der Waals surface area (Å²) in [6, 6.07) is 18.5. The third kappa shape index (κ3) is 4.99. The van der Waals surface area contributed by atoms with Crippen molar-refractivity contribution in [2.75, 3.05) is 31.9 Å². The van der Waals surface area contributed by atoms with E-state index in [0.717, 1.165) is 16.7 Å². The average molecular weight is 456 g/mol. The molecule has 0 aliphatic carbocycles. The highest BCUT2D eigenvalue weighted by molar-refractivity contribution is 5.95. The van der Waals surface area contributed by atoms with E-state index in [0.29, 0.717) is 43.1 Å². The predicted octanol–water partition coefficient (Wildman–Crippen LogP) is 3.09. The number of ether oxygens (including phenoxy) is 1. The fourth-order valence-electron chi connectivity index (χ4n) is 3.85. The second-order valence-corrected chi connectivity index (χ2v) is 8.04. The molecule has 8 heteroatoms. The number of aromatic nitrogens is 1. The molecule has 2 amide bonds. The normalized spacial score (nSPS) is 13.3. The van der Waals surface area contributed by atoms with Gasteiger partial charge in [-0.05, 0) is 29.8 Å². The van der Waals surface area contributed by atoms with Crippen molar-refractivity contribution in [3.63, 3.8) is 0 Å². The van der Waals surface area contributed by atoms with Crippen LogP contribution in [0.5, 0.6) is 5.75 Å². The lowest BCUT2D eigenvalue weighted by atomic mass is 10.0. The molecule has 34 heavy (non-hydrogen) atoms. The highest BCUT2D eigenvalue weighted by atomic mass is 16.5. The summed E-state index contributed by atoms with van der Waals surface area (Å²) in [5.41, 5.74) is 9.57. The lowest BCUT2D eigenvalue weighted by Crippen LogP contribution is -2.50. The van der Waals surface area contributed by atoms with E-state index < -0.39 is 0 Å². The minimum atomic E-state index is -0.0506. The molecule has 1 aliphatic rings. The van der Waals surface area contributed by atoms with Gasteiger partial charge in [0.2, 0.25) is 5.91 Å². The number of piperazine rings is 1. The first-order valence-corrected chi connectivity index (χ1v) is 11.0. The zero-order valence-corrected chi connectivity index (χ0v) is 18.9.